The molecule has 0 amide bonds. The van der Waals surface area contributed by atoms with Crippen molar-refractivity contribution in [3.63, 3.8) is 0 Å². The Labute approximate surface area is 133 Å². The van der Waals surface area contributed by atoms with Gasteiger partial charge in [0.15, 0.2) is 0 Å². The maximum Gasteiger partial charge on any atom is 0.0413 e. The minimum absolute atomic E-state index is 0.126. The van der Waals surface area contributed by atoms with Crippen molar-refractivity contribution in [3.8, 4) is 0 Å². The van der Waals surface area contributed by atoms with E-state index in [0.717, 1.165) is 23.4 Å². The summed E-state index contributed by atoms with van der Waals surface area (Å²) in [5, 5.41) is 4.43. The van der Waals surface area contributed by atoms with Gasteiger partial charge < -0.3 is 10.2 Å². The second-order valence-corrected chi connectivity index (χ2v) is 8.17. The molecule has 1 heterocycles. The number of nitrogens with zero attached hydrogens (tertiary/aromatic N) is 1. The van der Waals surface area contributed by atoms with Gasteiger partial charge in [-0.3, -0.25) is 0 Å². The highest BCUT2D eigenvalue weighted by Gasteiger charge is 2.36. The molecule has 2 fully saturated rings. The molecule has 2 atom stereocenters. The van der Waals surface area contributed by atoms with Crippen LogP contribution in [0.3, 0.4) is 0 Å². The average molecular weight is 307 g/mol. The fraction of sp³-hybridized carbons (Fsp3) is 0.667. The van der Waals surface area contributed by atoms with Gasteiger partial charge in [0, 0.05) is 35.9 Å². The lowest BCUT2D eigenvalue weighted by molar-refractivity contribution is 0.424. The van der Waals surface area contributed by atoms with Gasteiger partial charge in [-0.1, -0.05) is 18.0 Å². The minimum atomic E-state index is 0.126. The van der Waals surface area contributed by atoms with Crippen molar-refractivity contribution in [2.45, 2.75) is 52.1 Å². The summed E-state index contributed by atoms with van der Waals surface area (Å²) in [5.41, 5.74) is 2.84. The molecule has 1 aromatic rings. The lowest BCUT2D eigenvalue weighted by atomic mass is 10.0. The third-order valence-electron chi connectivity index (χ3n) is 4.92. The smallest absolute Gasteiger partial charge is 0.0413 e. The summed E-state index contributed by atoms with van der Waals surface area (Å²) in [6.07, 6.45) is 4.27. The van der Waals surface area contributed by atoms with Gasteiger partial charge in [-0.2, -0.15) is 0 Å². The highest BCUT2D eigenvalue weighted by atomic mass is 35.5. The molecule has 0 spiro atoms. The summed E-state index contributed by atoms with van der Waals surface area (Å²) in [5.74, 6) is 1.84. The van der Waals surface area contributed by atoms with E-state index in [2.05, 4.69) is 43.1 Å². The first kappa shape index (κ1) is 15.2. The van der Waals surface area contributed by atoms with Gasteiger partial charge in [0.25, 0.3) is 0 Å². The maximum absolute atomic E-state index is 6.22. The van der Waals surface area contributed by atoms with Crippen LogP contribution < -0.4 is 10.2 Å². The first-order valence-corrected chi connectivity index (χ1v) is 8.58. The molecular weight excluding hydrogens is 280 g/mol. The van der Waals surface area contributed by atoms with E-state index in [1.807, 2.05) is 6.07 Å². The van der Waals surface area contributed by atoms with Crippen molar-refractivity contribution >= 4 is 17.3 Å². The summed E-state index contributed by atoms with van der Waals surface area (Å²) in [4.78, 5) is 2.59. The Bertz CT molecular complexity index is 494. The molecule has 1 saturated heterocycles. The van der Waals surface area contributed by atoms with Crippen LogP contribution in [0.4, 0.5) is 5.69 Å². The molecule has 3 heteroatoms. The molecule has 1 aliphatic heterocycles. The van der Waals surface area contributed by atoms with Crippen molar-refractivity contribution < 1.29 is 0 Å². The van der Waals surface area contributed by atoms with Crippen molar-refractivity contribution in [1.82, 2.24) is 5.32 Å². The third-order valence-corrected chi connectivity index (χ3v) is 5.15. The summed E-state index contributed by atoms with van der Waals surface area (Å²) in [7, 11) is 0. The van der Waals surface area contributed by atoms with Crippen molar-refractivity contribution in [2.24, 2.45) is 11.8 Å². The number of nitrogens with one attached hydrogen (secondary N) is 1. The molecule has 3 rings (SSSR count). The van der Waals surface area contributed by atoms with Crippen LogP contribution in [0, 0.1) is 11.8 Å². The quantitative estimate of drug-likeness (QED) is 0.886. The molecule has 2 aliphatic rings. The second-order valence-electron chi connectivity index (χ2n) is 7.73. The number of benzene rings is 1. The summed E-state index contributed by atoms with van der Waals surface area (Å²) in [6, 6.07) is 6.37. The van der Waals surface area contributed by atoms with Gasteiger partial charge in [-0.15, -0.1) is 0 Å². The van der Waals surface area contributed by atoms with Crippen LogP contribution in [0.15, 0.2) is 18.2 Å². The van der Waals surface area contributed by atoms with Gasteiger partial charge in [0.05, 0.1) is 0 Å². The predicted molar refractivity (Wildman–Crippen MR) is 91.1 cm³/mol. The molecule has 0 aromatic heterocycles. The molecular formula is C18H27ClN2. The summed E-state index contributed by atoms with van der Waals surface area (Å²) in [6.45, 7) is 9.96. The molecule has 116 valence electrons. The number of anilines is 1. The van der Waals surface area contributed by atoms with Gasteiger partial charge >= 0.3 is 0 Å². The lowest BCUT2D eigenvalue weighted by Crippen LogP contribution is -2.35. The van der Waals surface area contributed by atoms with Gasteiger partial charge in [0.2, 0.25) is 0 Å². The van der Waals surface area contributed by atoms with E-state index in [1.54, 1.807) is 0 Å². The molecule has 0 radical (unpaired) electrons. The standard InChI is InChI=1S/C18H27ClN2/c1-18(2,3)20-10-15-9-16(19)7-8-17(15)21-11-13-5-4-6-14(13)12-21/h7-9,13-14,20H,4-6,10-12H2,1-3H3. The van der Waals surface area contributed by atoms with Crippen molar-refractivity contribution in [2.75, 3.05) is 18.0 Å². The van der Waals surface area contributed by atoms with E-state index < -0.39 is 0 Å². The van der Waals surface area contributed by atoms with Crippen LogP contribution in [0.25, 0.3) is 0 Å². The number of hydrogen-bond donors (Lipinski definition) is 1. The third kappa shape index (κ3) is 3.54. The van der Waals surface area contributed by atoms with E-state index in [4.69, 9.17) is 11.6 Å². The second kappa shape index (κ2) is 5.81. The number of fused-ring (bicyclic) bond motifs is 1. The van der Waals surface area contributed by atoms with Gasteiger partial charge in [-0.25, -0.2) is 0 Å². The number of halogens is 1. The zero-order valence-electron chi connectivity index (χ0n) is 13.5. The molecule has 1 aliphatic carbocycles. The van der Waals surface area contributed by atoms with Crippen LogP contribution in [0.5, 0.6) is 0 Å². The Kier molecular flexibility index (Phi) is 4.20. The van der Waals surface area contributed by atoms with E-state index in [0.29, 0.717) is 0 Å². The molecule has 2 nitrogen and oxygen atoms in total. The van der Waals surface area contributed by atoms with Gasteiger partial charge in [0.1, 0.15) is 0 Å². The maximum atomic E-state index is 6.22. The first-order chi connectivity index (χ1) is 9.92. The Balaban J connectivity index is 1.78. The largest absolute Gasteiger partial charge is 0.371 e. The Morgan fingerprint density at radius 3 is 2.48 bits per heavy atom. The fourth-order valence-corrected chi connectivity index (χ4v) is 3.99. The number of hydrogen-bond acceptors (Lipinski definition) is 2. The average Bonchev–Trinajstić information content (AvgIpc) is 2.96. The first-order valence-electron chi connectivity index (χ1n) is 8.21. The highest BCUT2D eigenvalue weighted by molar-refractivity contribution is 6.30. The van der Waals surface area contributed by atoms with E-state index in [9.17, 15) is 0 Å². The zero-order valence-corrected chi connectivity index (χ0v) is 14.2. The topological polar surface area (TPSA) is 15.3 Å². The molecule has 0 bridgehead atoms. The van der Waals surface area contributed by atoms with Crippen molar-refractivity contribution in [1.29, 1.82) is 0 Å². The van der Waals surface area contributed by atoms with Crippen LogP contribution in [0.1, 0.15) is 45.6 Å². The SMILES string of the molecule is CC(C)(C)NCc1cc(Cl)ccc1N1CC2CCCC2C1. The Hall–Kier alpha value is -0.730. The summed E-state index contributed by atoms with van der Waals surface area (Å²) < 4.78 is 0. The molecule has 1 N–H and O–H groups in total. The molecule has 1 aromatic carbocycles. The minimum Gasteiger partial charge on any atom is -0.371 e. The van der Waals surface area contributed by atoms with Crippen LogP contribution >= 0.6 is 11.6 Å². The molecule has 2 unspecified atom stereocenters. The van der Waals surface area contributed by atoms with Crippen LogP contribution in [0.2, 0.25) is 5.02 Å². The normalized spacial score (nSPS) is 25.4. The Morgan fingerprint density at radius 2 is 1.86 bits per heavy atom. The van der Waals surface area contributed by atoms with E-state index in [-0.39, 0.29) is 5.54 Å². The fourth-order valence-electron chi connectivity index (χ4n) is 3.80. The monoisotopic (exact) mass is 306 g/mol. The van der Waals surface area contributed by atoms with E-state index >= 15 is 0 Å². The molecule has 21 heavy (non-hydrogen) atoms. The van der Waals surface area contributed by atoms with E-state index in [1.165, 1.54) is 43.6 Å². The van der Waals surface area contributed by atoms with Crippen molar-refractivity contribution in [3.05, 3.63) is 28.8 Å². The van der Waals surface area contributed by atoms with Gasteiger partial charge in [-0.05, 0) is 69.2 Å². The lowest BCUT2D eigenvalue weighted by Gasteiger charge is -2.26. The highest BCUT2D eigenvalue weighted by Crippen LogP contribution is 2.40. The van der Waals surface area contributed by atoms with Crippen LogP contribution in [-0.4, -0.2) is 18.6 Å². The molecule has 1 saturated carbocycles. The predicted octanol–water partition coefficient (Wildman–Crippen LogP) is 4.46. The Morgan fingerprint density at radius 1 is 1.19 bits per heavy atom. The van der Waals surface area contributed by atoms with Crippen LogP contribution in [-0.2, 0) is 6.54 Å². The zero-order chi connectivity index (χ0) is 15.0. The summed E-state index contributed by atoms with van der Waals surface area (Å²) >= 11 is 6.22. The number of rotatable bonds is 3.